The van der Waals surface area contributed by atoms with Gasteiger partial charge in [-0.25, -0.2) is 4.89 Å². The average Bonchev–Trinajstić information content (AvgIpc) is 1.89. The fraction of sp³-hybridized carbons (Fsp3) is 1.00. The van der Waals surface area contributed by atoms with Gasteiger partial charge in [0.2, 0.25) is 0 Å². The molecule has 0 aliphatic carbocycles. The van der Waals surface area contributed by atoms with Crippen LogP contribution in [0.1, 0.15) is 19.8 Å². The van der Waals surface area contributed by atoms with Crippen LogP contribution in [0.15, 0.2) is 0 Å². The fourth-order valence-corrected chi connectivity index (χ4v) is 0.545. The van der Waals surface area contributed by atoms with Gasteiger partial charge in [-0.15, -0.1) is 0 Å². The van der Waals surface area contributed by atoms with Crippen molar-refractivity contribution in [2.24, 2.45) is 0 Å². The van der Waals surface area contributed by atoms with Gasteiger partial charge in [0.05, 0.1) is 6.61 Å². The highest BCUT2D eigenvalue weighted by Gasteiger charge is 1.84. The van der Waals surface area contributed by atoms with Crippen LogP contribution in [0.2, 0.25) is 0 Å². The molecule has 3 nitrogen and oxygen atoms in total. The van der Waals surface area contributed by atoms with Crippen molar-refractivity contribution in [1.82, 2.24) is 5.32 Å². The molecular weight excluding hydrogens is 118 g/mol. The maximum atomic E-state index is 7.88. The van der Waals surface area contributed by atoms with Crippen LogP contribution < -0.4 is 5.32 Å². The summed E-state index contributed by atoms with van der Waals surface area (Å²) < 4.78 is 0. The number of rotatable bonds is 6. The van der Waals surface area contributed by atoms with Crippen LogP contribution in [0.25, 0.3) is 0 Å². The predicted octanol–water partition coefficient (Wildman–Crippen LogP) is 0.866. The third-order valence-corrected chi connectivity index (χ3v) is 1.08. The molecule has 0 aromatic rings. The topological polar surface area (TPSA) is 41.5 Å². The van der Waals surface area contributed by atoms with E-state index >= 15 is 0 Å². The fourth-order valence-electron chi connectivity index (χ4n) is 0.545. The van der Waals surface area contributed by atoms with Crippen LogP contribution in [0.3, 0.4) is 0 Å². The van der Waals surface area contributed by atoms with Gasteiger partial charge < -0.3 is 5.32 Å². The van der Waals surface area contributed by atoms with Gasteiger partial charge in [-0.3, -0.25) is 5.26 Å². The molecule has 0 aromatic heterocycles. The van der Waals surface area contributed by atoms with Crippen LogP contribution in [0, 0.1) is 0 Å². The maximum absolute atomic E-state index is 7.88. The Morgan fingerprint density at radius 3 is 2.78 bits per heavy atom. The molecular formula is C6H15NO2. The van der Waals surface area contributed by atoms with Gasteiger partial charge in [0, 0.05) is 6.54 Å². The number of hydrogen-bond acceptors (Lipinski definition) is 3. The van der Waals surface area contributed by atoms with Crippen molar-refractivity contribution < 1.29 is 10.1 Å². The molecule has 0 heterocycles. The van der Waals surface area contributed by atoms with E-state index in [9.17, 15) is 0 Å². The molecule has 0 aliphatic rings. The first-order valence-corrected chi connectivity index (χ1v) is 3.39. The molecule has 3 heteroatoms. The molecule has 0 rings (SSSR count). The molecule has 0 unspecified atom stereocenters. The number of nitrogens with one attached hydrogen (secondary N) is 1. The predicted molar refractivity (Wildman–Crippen MR) is 36.4 cm³/mol. The van der Waals surface area contributed by atoms with Gasteiger partial charge in [0.1, 0.15) is 0 Å². The second-order valence-corrected chi connectivity index (χ2v) is 1.94. The number of unbranched alkanes of at least 4 members (excludes halogenated alkanes) is 1. The average molecular weight is 133 g/mol. The zero-order valence-electron chi connectivity index (χ0n) is 5.89. The van der Waals surface area contributed by atoms with Crippen LogP contribution >= 0.6 is 0 Å². The van der Waals surface area contributed by atoms with Crippen molar-refractivity contribution in [1.29, 1.82) is 0 Å². The summed E-state index contributed by atoms with van der Waals surface area (Å²) in [5, 5.41) is 11.0. The van der Waals surface area contributed by atoms with Crippen LogP contribution in [0.5, 0.6) is 0 Å². The first kappa shape index (κ1) is 8.88. The zero-order chi connectivity index (χ0) is 6.95. The van der Waals surface area contributed by atoms with Crippen molar-refractivity contribution in [2.75, 3.05) is 19.7 Å². The van der Waals surface area contributed by atoms with E-state index in [2.05, 4.69) is 17.1 Å². The summed E-state index contributed by atoms with van der Waals surface area (Å²) in [5.41, 5.74) is 0. The second-order valence-electron chi connectivity index (χ2n) is 1.94. The first-order chi connectivity index (χ1) is 4.41. The molecule has 0 amide bonds. The van der Waals surface area contributed by atoms with Gasteiger partial charge in [-0.05, 0) is 13.0 Å². The Labute approximate surface area is 56.0 Å². The lowest BCUT2D eigenvalue weighted by molar-refractivity contribution is -0.240. The molecule has 9 heavy (non-hydrogen) atoms. The molecule has 0 radical (unpaired) electrons. The Bertz CT molecular complexity index is 44.3. The Morgan fingerprint density at radius 2 is 2.22 bits per heavy atom. The van der Waals surface area contributed by atoms with Crippen molar-refractivity contribution >= 4 is 0 Å². The summed E-state index contributed by atoms with van der Waals surface area (Å²) in [4.78, 5) is 3.86. The minimum Gasteiger partial charge on any atom is -0.314 e. The molecule has 0 bridgehead atoms. The maximum Gasteiger partial charge on any atom is 0.0944 e. The largest absolute Gasteiger partial charge is 0.314 e. The van der Waals surface area contributed by atoms with Gasteiger partial charge in [0.15, 0.2) is 0 Å². The Kier molecular flexibility index (Phi) is 7.77. The third-order valence-electron chi connectivity index (χ3n) is 1.08. The monoisotopic (exact) mass is 133 g/mol. The summed E-state index contributed by atoms with van der Waals surface area (Å²) in [6.07, 6.45) is 2.39. The first-order valence-electron chi connectivity index (χ1n) is 3.39. The van der Waals surface area contributed by atoms with E-state index in [1.54, 1.807) is 0 Å². The van der Waals surface area contributed by atoms with Crippen LogP contribution in [-0.2, 0) is 4.89 Å². The SMILES string of the molecule is CCCCNCCOO. The summed E-state index contributed by atoms with van der Waals surface area (Å²) in [5.74, 6) is 0. The lowest BCUT2D eigenvalue weighted by atomic mass is 10.3. The minimum absolute atomic E-state index is 0.379. The molecule has 2 N–H and O–H groups in total. The van der Waals surface area contributed by atoms with Crippen LogP contribution in [0.4, 0.5) is 0 Å². The molecule has 0 saturated carbocycles. The highest BCUT2D eigenvalue weighted by Crippen LogP contribution is 1.80. The minimum atomic E-state index is 0.379. The molecule has 0 saturated heterocycles. The Balaban J connectivity index is 2.60. The van der Waals surface area contributed by atoms with Crippen molar-refractivity contribution in [3.8, 4) is 0 Å². The summed E-state index contributed by atoms with van der Waals surface area (Å²) >= 11 is 0. The van der Waals surface area contributed by atoms with E-state index in [0.717, 1.165) is 13.1 Å². The van der Waals surface area contributed by atoms with E-state index in [1.807, 2.05) is 0 Å². The molecule has 0 fully saturated rings. The van der Waals surface area contributed by atoms with E-state index in [1.165, 1.54) is 12.8 Å². The highest BCUT2D eigenvalue weighted by molar-refractivity contribution is 4.43. The number of hydrogen-bond donors (Lipinski definition) is 2. The zero-order valence-corrected chi connectivity index (χ0v) is 5.89. The van der Waals surface area contributed by atoms with E-state index in [4.69, 9.17) is 5.26 Å². The standard InChI is InChI=1S/C6H15NO2/c1-2-3-4-7-5-6-9-8/h7-8H,2-6H2,1H3. The lowest BCUT2D eigenvalue weighted by Crippen LogP contribution is -2.19. The van der Waals surface area contributed by atoms with E-state index < -0.39 is 0 Å². The van der Waals surface area contributed by atoms with Crippen molar-refractivity contribution in [2.45, 2.75) is 19.8 Å². The molecule has 0 aromatic carbocycles. The smallest absolute Gasteiger partial charge is 0.0944 e. The molecule has 0 spiro atoms. The second kappa shape index (κ2) is 7.88. The van der Waals surface area contributed by atoms with Crippen molar-refractivity contribution in [3.63, 3.8) is 0 Å². The Hall–Kier alpha value is -0.120. The molecule has 0 atom stereocenters. The Morgan fingerprint density at radius 1 is 1.44 bits per heavy atom. The van der Waals surface area contributed by atoms with Crippen LogP contribution in [-0.4, -0.2) is 25.0 Å². The van der Waals surface area contributed by atoms with Gasteiger partial charge >= 0.3 is 0 Å². The quantitative estimate of drug-likeness (QED) is 0.321. The van der Waals surface area contributed by atoms with E-state index in [0.29, 0.717) is 6.61 Å². The third kappa shape index (κ3) is 7.88. The highest BCUT2D eigenvalue weighted by atomic mass is 17.1. The van der Waals surface area contributed by atoms with Gasteiger partial charge in [-0.2, -0.15) is 0 Å². The van der Waals surface area contributed by atoms with Gasteiger partial charge in [0.25, 0.3) is 0 Å². The normalized spacial score (nSPS) is 10.0. The van der Waals surface area contributed by atoms with Gasteiger partial charge in [-0.1, -0.05) is 13.3 Å². The summed E-state index contributed by atoms with van der Waals surface area (Å²) in [7, 11) is 0. The molecule has 0 aliphatic heterocycles. The van der Waals surface area contributed by atoms with E-state index in [-0.39, 0.29) is 0 Å². The van der Waals surface area contributed by atoms with Crippen molar-refractivity contribution in [3.05, 3.63) is 0 Å². The summed E-state index contributed by atoms with van der Waals surface area (Å²) in [6, 6.07) is 0. The molecule has 56 valence electrons. The summed E-state index contributed by atoms with van der Waals surface area (Å²) in [6.45, 7) is 4.27. The lowest BCUT2D eigenvalue weighted by Gasteiger charge is -1.99.